The van der Waals surface area contributed by atoms with Crippen LogP contribution in [0.5, 0.6) is 5.75 Å². The number of methoxy groups -OCH3 is 1. The van der Waals surface area contributed by atoms with Crippen molar-refractivity contribution in [3.8, 4) is 5.75 Å². The second-order valence-corrected chi connectivity index (χ2v) is 8.07. The molecule has 0 fully saturated rings. The fraction of sp³-hybridized carbons (Fsp3) is 0.217. The highest BCUT2D eigenvalue weighted by Crippen LogP contribution is 2.51. The Kier molecular flexibility index (Phi) is 8.03. The maximum absolute atomic E-state index is 13.2. The van der Waals surface area contributed by atoms with E-state index >= 15 is 0 Å². The molecular weight excluding hydrogens is 387 g/mol. The summed E-state index contributed by atoms with van der Waals surface area (Å²) in [6, 6.07) is 26.7. The number of hydrogen-bond donors (Lipinski definition) is 0. The normalized spacial score (nSPS) is 11.3. The Balaban J connectivity index is 1.61. The van der Waals surface area contributed by atoms with Crippen molar-refractivity contribution in [3.63, 3.8) is 0 Å². The summed E-state index contributed by atoms with van der Waals surface area (Å²) >= 11 is 0. The first-order valence-electron chi connectivity index (χ1n) is 9.41. The maximum atomic E-state index is 13.2. The van der Waals surface area contributed by atoms with E-state index in [1.807, 2.05) is 84.9 Å². The zero-order chi connectivity index (χ0) is 20.4. The Morgan fingerprint density at radius 1 is 0.690 bits per heavy atom. The molecule has 0 saturated carbocycles. The summed E-state index contributed by atoms with van der Waals surface area (Å²) in [5.41, 5.74) is 2.81. The summed E-state index contributed by atoms with van der Waals surface area (Å²) in [4.78, 5) is 0. The lowest BCUT2D eigenvalue weighted by molar-refractivity contribution is 0.104. The monoisotopic (exact) mass is 412 g/mol. The van der Waals surface area contributed by atoms with Gasteiger partial charge in [0.05, 0.1) is 26.9 Å². The summed E-state index contributed by atoms with van der Waals surface area (Å²) in [5, 5.41) is 0. The van der Waals surface area contributed by atoms with Gasteiger partial charge in [-0.1, -0.05) is 72.8 Å². The third kappa shape index (κ3) is 7.15. The number of phosphoric ester groups is 1. The number of benzene rings is 3. The number of ether oxygens (including phenoxy) is 1. The highest BCUT2D eigenvalue weighted by atomic mass is 31.2. The van der Waals surface area contributed by atoms with E-state index in [0.717, 1.165) is 22.4 Å². The minimum absolute atomic E-state index is 0.145. The number of hydrogen-bond acceptors (Lipinski definition) is 5. The van der Waals surface area contributed by atoms with Crippen LogP contribution < -0.4 is 4.74 Å². The average molecular weight is 412 g/mol. The Morgan fingerprint density at radius 3 is 1.79 bits per heavy atom. The highest BCUT2D eigenvalue weighted by molar-refractivity contribution is 7.48. The molecule has 0 N–H and O–H groups in total. The Hall–Kier alpha value is -2.43. The van der Waals surface area contributed by atoms with Crippen molar-refractivity contribution in [1.82, 2.24) is 0 Å². The number of rotatable bonds is 11. The van der Waals surface area contributed by atoms with Gasteiger partial charge in [0.1, 0.15) is 5.75 Å². The fourth-order valence-corrected chi connectivity index (χ4v) is 3.82. The molecule has 0 amide bonds. The summed E-state index contributed by atoms with van der Waals surface area (Å²) in [7, 11) is -2.11. The van der Waals surface area contributed by atoms with Crippen LogP contribution in [0.4, 0.5) is 0 Å². The molecule has 6 heteroatoms. The molecule has 3 aromatic carbocycles. The van der Waals surface area contributed by atoms with Crippen molar-refractivity contribution >= 4 is 7.82 Å². The molecule has 0 atom stereocenters. The van der Waals surface area contributed by atoms with Gasteiger partial charge < -0.3 is 4.74 Å². The lowest BCUT2D eigenvalue weighted by Gasteiger charge is -2.18. The van der Waals surface area contributed by atoms with Gasteiger partial charge >= 0.3 is 7.82 Å². The number of phosphoric acid groups is 1. The van der Waals surface area contributed by atoms with Gasteiger partial charge in [0, 0.05) is 0 Å². The van der Waals surface area contributed by atoms with Crippen molar-refractivity contribution in [3.05, 3.63) is 102 Å². The molecule has 0 aliphatic carbocycles. The molecule has 0 bridgehead atoms. The minimum atomic E-state index is -3.74. The van der Waals surface area contributed by atoms with Gasteiger partial charge in [-0.2, -0.15) is 0 Å². The zero-order valence-corrected chi connectivity index (χ0v) is 17.3. The van der Waals surface area contributed by atoms with E-state index in [2.05, 4.69) is 0 Å². The predicted molar refractivity (Wildman–Crippen MR) is 113 cm³/mol. The van der Waals surface area contributed by atoms with E-state index in [0.29, 0.717) is 6.42 Å². The molecule has 5 nitrogen and oxygen atoms in total. The fourth-order valence-electron chi connectivity index (χ4n) is 2.67. The van der Waals surface area contributed by atoms with Crippen LogP contribution in [-0.4, -0.2) is 13.7 Å². The molecule has 0 spiro atoms. The SMILES string of the molecule is COc1cccc(CCOP(=O)(OCc2ccccc2)OCc2ccccc2)c1. The molecule has 3 rings (SSSR count). The van der Waals surface area contributed by atoms with E-state index in [1.54, 1.807) is 7.11 Å². The molecule has 0 aliphatic rings. The lowest BCUT2D eigenvalue weighted by atomic mass is 10.1. The second-order valence-electron chi connectivity index (χ2n) is 6.40. The average Bonchev–Trinajstić information content (AvgIpc) is 2.78. The van der Waals surface area contributed by atoms with Crippen molar-refractivity contribution < 1.29 is 22.9 Å². The van der Waals surface area contributed by atoms with Crippen molar-refractivity contribution in [2.75, 3.05) is 13.7 Å². The topological polar surface area (TPSA) is 54.0 Å². The Morgan fingerprint density at radius 2 is 1.24 bits per heavy atom. The quantitative estimate of drug-likeness (QED) is 0.373. The molecule has 0 aromatic heterocycles. The van der Waals surface area contributed by atoms with Gasteiger partial charge in [0.15, 0.2) is 0 Å². The van der Waals surface area contributed by atoms with Gasteiger partial charge in [0.2, 0.25) is 0 Å². The largest absolute Gasteiger partial charge is 0.497 e. The van der Waals surface area contributed by atoms with Crippen LogP contribution in [0.3, 0.4) is 0 Å². The van der Waals surface area contributed by atoms with E-state index in [9.17, 15) is 4.57 Å². The van der Waals surface area contributed by atoms with Gasteiger partial charge in [-0.05, 0) is 35.2 Å². The summed E-state index contributed by atoms with van der Waals surface area (Å²) in [6.45, 7) is 0.492. The summed E-state index contributed by atoms with van der Waals surface area (Å²) in [6.07, 6.45) is 0.560. The molecule has 0 unspecified atom stereocenters. The lowest BCUT2D eigenvalue weighted by Crippen LogP contribution is -2.04. The van der Waals surface area contributed by atoms with Gasteiger partial charge in [-0.25, -0.2) is 4.57 Å². The molecule has 0 heterocycles. The molecule has 3 aromatic rings. The van der Waals surface area contributed by atoms with Crippen LogP contribution >= 0.6 is 7.82 Å². The van der Waals surface area contributed by atoms with E-state index in [1.165, 1.54) is 0 Å². The van der Waals surface area contributed by atoms with Gasteiger partial charge in [0.25, 0.3) is 0 Å². The third-order valence-electron chi connectivity index (χ3n) is 4.24. The smallest absolute Gasteiger partial charge is 0.475 e. The van der Waals surface area contributed by atoms with Crippen LogP contribution in [0.25, 0.3) is 0 Å². The summed E-state index contributed by atoms with van der Waals surface area (Å²) < 4.78 is 35.2. The van der Waals surface area contributed by atoms with Crippen molar-refractivity contribution in [1.29, 1.82) is 0 Å². The van der Waals surface area contributed by atoms with Crippen LogP contribution in [0, 0.1) is 0 Å². The maximum Gasteiger partial charge on any atom is 0.475 e. The Bertz CT molecular complexity index is 867. The minimum Gasteiger partial charge on any atom is -0.497 e. The first-order chi connectivity index (χ1) is 14.2. The predicted octanol–water partition coefficient (Wildman–Crippen LogP) is 5.80. The standard InChI is InChI=1S/C23H25O5P/c1-25-23-14-8-13-20(17-23)15-16-26-29(24,27-18-21-9-4-2-5-10-21)28-19-22-11-6-3-7-12-22/h2-14,17H,15-16,18-19H2,1H3. The first-order valence-corrected chi connectivity index (χ1v) is 10.9. The molecule has 0 radical (unpaired) electrons. The first kappa shape index (κ1) is 21.3. The molecule has 152 valence electrons. The molecular formula is C23H25O5P. The van der Waals surface area contributed by atoms with E-state index in [4.69, 9.17) is 18.3 Å². The third-order valence-corrected chi connectivity index (χ3v) is 5.63. The highest BCUT2D eigenvalue weighted by Gasteiger charge is 2.27. The molecule has 29 heavy (non-hydrogen) atoms. The van der Waals surface area contributed by atoms with Crippen LogP contribution in [0.1, 0.15) is 16.7 Å². The van der Waals surface area contributed by atoms with Crippen molar-refractivity contribution in [2.45, 2.75) is 19.6 Å². The van der Waals surface area contributed by atoms with E-state index < -0.39 is 7.82 Å². The zero-order valence-electron chi connectivity index (χ0n) is 16.4. The molecule has 0 saturated heterocycles. The van der Waals surface area contributed by atoms with E-state index in [-0.39, 0.29) is 19.8 Å². The van der Waals surface area contributed by atoms with Gasteiger partial charge in [-0.15, -0.1) is 0 Å². The second kappa shape index (κ2) is 10.9. The van der Waals surface area contributed by atoms with Crippen LogP contribution in [0.2, 0.25) is 0 Å². The van der Waals surface area contributed by atoms with Crippen LogP contribution in [-0.2, 0) is 37.8 Å². The molecule has 0 aliphatic heterocycles. The van der Waals surface area contributed by atoms with Crippen molar-refractivity contribution in [2.24, 2.45) is 0 Å². The van der Waals surface area contributed by atoms with Crippen LogP contribution in [0.15, 0.2) is 84.9 Å². The Labute approximate surface area is 171 Å². The van der Waals surface area contributed by atoms with Gasteiger partial charge in [-0.3, -0.25) is 13.6 Å². The summed E-state index contributed by atoms with van der Waals surface area (Å²) in [5.74, 6) is 0.770.